The summed E-state index contributed by atoms with van der Waals surface area (Å²) in [5, 5.41) is 23.9. The number of hydrogen-bond acceptors (Lipinski definition) is 5. The van der Waals surface area contributed by atoms with E-state index >= 15 is 0 Å². The number of tetrazole rings is 1. The molecule has 7 nitrogen and oxygen atoms in total. The van der Waals surface area contributed by atoms with Crippen molar-refractivity contribution in [1.29, 1.82) is 0 Å². The van der Waals surface area contributed by atoms with Gasteiger partial charge in [-0.15, -0.1) is 5.10 Å². The number of aliphatic hydroxyl groups excluding tert-OH is 1. The third-order valence-corrected chi connectivity index (χ3v) is 3.50. The van der Waals surface area contributed by atoms with E-state index in [0.717, 1.165) is 0 Å². The van der Waals surface area contributed by atoms with Crippen LogP contribution in [0.3, 0.4) is 0 Å². The molecule has 0 unspecified atom stereocenters. The van der Waals surface area contributed by atoms with Gasteiger partial charge >= 0.3 is 0 Å². The van der Waals surface area contributed by atoms with Gasteiger partial charge in [0.15, 0.2) is 0 Å². The standard InChI is InChI=1S/C12H13Cl2N5O2/c13-9-2-1-8(5-10(9)14)11(20)3-4-15-12(21)6-19-7-16-17-18-19/h1-2,5,7,11,20H,3-4,6H2,(H,15,21)/t11-/m1/s1. The fourth-order valence-electron chi connectivity index (χ4n) is 1.69. The predicted octanol–water partition coefficient (Wildman–Crippen LogP) is 1.22. The largest absolute Gasteiger partial charge is 0.388 e. The van der Waals surface area contributed by atoms with Crippen molar-refractivity contribution in [2.24, 2.45) is 0 Å². The Bertz CT molecular complexity index is 606. The Kier molecular flexibility index (Phi) is 5.49. The van der Waals surface area contributed by atoms with Crippen molar-refractivity contribution in [3.63, 3.8) is 0 Å². The fraction of sp³-hybridized carbons (Fsp3) is 0.333. The Labute approximate surface area is 130 Å². The number of aliphatic hydroxyl groups is 1. The van der Waals surface area contributed by atoms with Crippen molar-refractivity contribution < 1.29 is 9.90 Å². The molecule has 0 saturated heterocycles. The van der Waals surface area contributed by atoms with Crippen molar-refractivity contribution in [2.75, 3.05) is 6.54 Å². The quantitative estimate of drug-likeness (QED) is 0.831. The summed E-state index contributed by atoms with van der Waals surface area (Å²) in [5.41, 5.74) is 0.652. The van der Waals surface area contributed by atoms with Crippen LogP contribution in [0, 0.1) is 0 Å². The molecule has 1 amide bonds. The lowest BCUT2D eigenvalue weighted by Gasteiger charge is -2.12. The van der Waals surface area contributed by atoms with E-state index in [1.165, 1.54) is 11.0 Å². The Morgan fingerprint density at radius 3 is 2.86 bits per heavy atom. The molecule has 0 aliphatic rings. The number of benzene rings is 1. The zero-order valence-corrected chi connectivity index (χ0v) is 12.4. The molecule has 112 valence electrons. The summed E-state index contributed by atoms with van der Waals surface area (Å²) in [5.74, 6) is -0.233. The highest BCUT2D eigenvalue weighted by Gasteiger charge is 2.10. The van der Waals surface area contributed by atoms with Crippen LogP contribution in [0.1, 0.15) is 18.1 Å². The van der Waals surface area contributed by atoms with E-state index in [-0.39, 0.29) is 12.5 Å². The third kappa shape index (κ3) is 4.66. The highest BCUT2D eigenvalue weighted by molar-refractivity contribution is 6.42. The molecule has 2 aromatic rings. The highest BCUT2D eigenvalue weighted by Crippen LogP contribution is 2.26. The van der Waals surface area contributed by atoms with Crippen LogP contribution in [0.5, 0.6) is 0 Å². The van der Waals surface area contributed by atoms with Gasteiger partial charge in [-0.25, -0.2) is 4.68 Å². The lowest BCUT2D eigenvalue weighted by molar-refractivity contribution is -0.121. The van der Waals surface area contributed by atoms with Crippen LogP contribution in [0.2, 0.25) is 10.0 Å². The molecule has 1 aromatic carbocycles. The normalized spacial score (nSPS) is 12.1. The molecule has 1 atom stereocenters. The van der Waals surface area contributed by atoms with Crippen molar-refractivity contribution in [3.8, 4) is 0 Å². The summed E-state index contributed by atoms with van der Waals surface area (Å²) in [6.07, 6.45) is 0.983. The maximum Gasteiger partial charge on any atom is 0.241 e. The van der Waals surface area contributed by atoms with Gasteiger partial charge in [0.1, 0.15) is 12.9 Å². The first-order chi connectivity index (χ1) is 10.1. The van der Waals surface area contributed by atoms with E-state index in [1.807, 2.05) is 0 Å². The molecular formula is C12H13Cl2N5O2. The summed E-state index contributed by atoms with van der Waals surface area (Å²) in [6.45, 7) is 0.359. The van der Waals surface area contributed by atoms with Gasteiger partial charge in [-0.3, -0.25) is 4.79 Å². The van der Waals surface area contributed by atoms with Crippen molar-refractivity contribution >= 4 is 29.1 Å². The van der Waals surface area contributed by atoms with E-state index in [2.05, 4.69) is 20.8 Å². The Hall–Kier alpha value is -1.70. The first-order valence-electron chi connectivity index (χ1n) is 6.16. The zero-order valence-electron chi connectivity index (χ0n) is 10.9. The van der Waals surface area contributed by atoms with Crippen LogP contribution >= 0.6 is 23.2 Å². The number of nitrogens with zero attached hydrogens (tertiary/aromatic N) is 4. The maximum absolute atomic E-state index is 11.6. The number of aromatic nitrogens is 4. The van der Waals surface area contributed by atoms with Crippen molar-refractivity contribution in [1.82, 2.24) is 25.5 Å². The molecule has 9 heteroatoms. The zero-order chi connectivity index (χ0) is 15.2. The second kappa shape index (κ2) is 7.35. The molecule has 21 heavy (non-hydrogen) atoms. The van der Waals surface area contributed by atoms with E-state index in [9.17, 15) is 9.90 Å². The van der Waals surface area contributed by atoms with Crippen LogP contribution in [0.15, 0.2) is 24.5 Å². The summed E-state index contributed by atoms with van der Waals surface area (Å²) >= 11 is 11.7. The lowest BCUT2D eigenvalue weighted by Crippen LogP contribution is -2.29. The van der Waals surface area contributed by atoms with E-state index in [0.29, 0.717) is 28.6 Å². The number of hydrogen-bond donors (Lipinski definition) is 2. The average Bonchev–Trinajstić information content (AvgIpc) is 2.94. The van der Waals surface area contributed by atoms with Crippen LogP contribution in [-0.2, 0) is 11.3 Å². The molecule has 2 rings (SSSR count). The van der Waals surface area contributed by atoms with E-state index < -0.39 is 6.10 Å². The molecule has 0 saturated carbocycles. The van der Waals surface area contributed by atoms with Gasteiger partial charge in [0.05, 0.1) is 16.1 Å². The summed E-state index contributed by atoms with van der Waals surface area (Å²) in [7, 11) is 0. The van der Waals surface area contributed by atoms with Crippen LogP contribution in [0.4, 0.5) is 0 Å². The SMILES string of the molecule is O=C(Cn1cnnn1)NCC[C@@H](O)c1ccc(Cl)c(Cl)c1. The van der Waals surface area contributed by atoms with Gasteiger partial charge in [0, 0.05) is 6.54 Å². The van der Waals surface area contributed by atoms with Crippen LogP contribution in [-0.4, -0.2) is 37.8 Å². The number of carbonyl (C=O) groups is 1. The molecule has 0 fully saturated rings. The third-order valence-electron chi connectivity index (χ3n) is 2.77. The molecule has 1 aromatic heterocycles. The summed E-state index contributed by atoms with van der Waals surface area (Å²) in [4.78, 5) is 11.6. The van der Waals surface area contributed by atoms with Crippen molar-refractivity contribution in [3.05, 3.63) is 40.1 Å². The number of carbonyl (C=O) groups excluding carboxylic acids is 1. The first kappa shape index (κ1) is 15.7. The monoisotopic (exact) mass is 329 g/mol. The predicted molar refractivity (Wildman–Crippen MR) is 76.9 cm³/mol. The molecule has 0 aliphatic heterocycles. The minimum Gasteiger partial charge on any atom is -0.388 e. The smallest absolute Gasteiger partial charge is 0.241 e. The fourth-order valence-corrected chi connectivity index (χ4v) is 2.00. The van der Waals surface area contributed by atoms with Gasteiger partial charge in [-0.1, -0.05) is 29.3 Å². The van der Waals surface area contributed by atoms with Gasteiger partial charge in [-0.05, 0) is 34.5 Å². The van der Waals surface area contributed by atoms with E-state index in [4.69, 9.17) is 23.2 Å². The Morgan fingerprint density at radius 2 is 2.19 bits per heavy atom. The second-order valence-electron chi connectivity index (χ2n) is 4.34. The van der Waals surface area contributed by atoms with Crippen LogP contribution in [0.25, 0.3) is 0 Å². The van der Waals surface area contributed by atoms with E-state index in [1.54, 1.807) is 18.2 Å². The average molecular weight is 330 g/mol. The molecule has 0 aliphatic carbocycles. The number of nitrogens with one attached hydrogen (secondary N) is 1. The topological polar surface area (TPSA) is 92.9 Å². The molecule has 2 N–H and O–H groups in total. The lowest BCUT2D eigenvalue weighted by atomic mass is 10.1. The van der Waals surface area contributed by atoms with Gasteiger partial charge < -0.3 is 10.4 Å². The Balaban J connectivity index is 1.77. The number of rotatable bonds is 6. The molecule has 1 heterocycles. The number of halogens is 2. The minimum atomic E-state index is -0.729. The molecule has 0 radical (unpaired) electrons. The molecule has 0 spiro atoms. The summed E-state index contributed by atoms with van der Waals surface area (Å²) in [6, 6.07) is 4.93. The van der Waals surface area contributed by atoms with Gasteiger partial charge in [0.2, 0.25) is 5.91 Å². The van der Waals surface area contributed by atoms with Crippen molar-refractivity contribution in [2.45, 2.75) is 19.1 Å². The minimum absolute atomic E-state index is 0.0376. The molecule has 0 bridgehead atoms. The highest BCUT2D eigenvalue weighted by atomic mass is 35.5. The maximum atomic E-state index is 11.6. The van der Waals surface area contributed by atoms with Gasteiger partial charge in [-0.2, -0.15) is 0 Å². The van der Waals surface area contributed by atoms with Gasteiger partial charge in [0.25, 0.3) is 0 Å². The molecular weight excluding hydrogens is 317 g/mol. The van der Waals surface area contributed by atoms with Crippen LogP contribution < -0.4 is 5.32 Å². The summed E-state index contributed by atoms with van der Waals surface area (Å²) < 4.78 is 1.31. The first-order valence-corrected chi connectivity index (χ1v) is 6.92. The second-order valence-corrected chi connectivity index (χ2v) is 5.15. The Morgan fingerprint density at radius 1 is 1.38 bits per heavy atom. The number of amides is 1.